The average molecular weight is 318 g/mol. The first kappa shape index (κ1) is 15.0. The lowest BCUT2D eigenvalue weighted by Gasteiger charge is -2.20. The van der Waals surface area contributed by atoms with Crippen LogP contribution in [0.2, 0.25) is 10.0 Å². The third kappa shape index (κ3) is 4.59. The molecule has 0 radical (unpaired) electrons. The standard InChI is InChI=1S/C14H17Cl2NOS/c15-11-7-4-8-12(16)14(11)17-13(18)9-19-10-5-2-1-3-6-10/h4,7-8,10H,1-3,5-6,9H2,(H,17,18). The fraction of sp³-hybridized carbons (Fsp3) is 0.500. The van der Waals surface area contributed by atoms with E-state index in [2.05, 4.69) is 5.32 Å². The molecule has 1 aliphatic carbocycles. The van der Waals surface area contributed by atoms with Crippen molar-refractivity contribution in [3.05, 3.63) is 28.2 Å². The lowest BCUT2D eigenvalue weighted by Crippen LogP contribution is -2.18. The summed E-state index contributed by atoms with van der Waals surface area (Å²) in [7, 11) is 0. The van der Waals surface area contributed by atoms with Gasteiger partial charge in [0, 0.05) is 5.25 Å². The van der Waals surface area contributed by atoms with Crippen LogP contribution in [0.15, 0.2) is 18.2 Å². The number of hydrogen-bond donors (Lipinski definition) is 1. The number of amides is 1. The predicted molar refractivity (Wildman–Crippen MR) is 84.4 cm³/mol. The van der Waals surface area contributed by atoms with Gasteiger partial charge in [0.1, 0.15) is 0 Å². The second kappa shape index (κ2) is 7.41. The molecule has 0 heterocycles. The quantitative estimate of drug-likeness (QED) is 0.846. The molecule has 2 nitrogen and oxygen atoms in total. The molecule has 1 N–H and O–H groups in total. The van der Waals surface area contributed by atoms with Crippen LogP contribution in [-0.4, -0.2) is 16.9 Å². The minimum absolute atomic E-state index is 0.0365. The van der Waals surface area contributed by atoms with E-state index in [1.165, 1.54) is 32.1 Å². The van der Waals surface area contributed by atoms with Crippen molar-refractivity contribution in [3.63, 3.8) is 0 Å². The number of anilines is 1. The van der Waals surface area contributed by atoms with Crippen molar-refractivity contribution < 1.29 is 4.79 Å². The summed E-state index contributed by atoms with van der Waals surface area (Å²) in [4.78, 5) is 11.9. The Balaban J connectivity index is 1.83. The number of para-hydroxylation sites is 1. The number of rotatable bonds is 4. The van der Waals surface area contributed by atoms with Gasteiger partial charge in [-0.25, -0.2) is 0 Å². The molecule has 0 unspecified atom stereocenters. The Labute approximate surface area is 128 Å². The first-order chi connectivity index (χ1) is 9.16. The highest BCUT2D eigenvalue weighted by molar-refractivity contribution is 8.00. The zero-order valence-electron chi connectivity index (χ0n) is 10.6. The van der Waals surface area contributed by atoms with Crippen molar-refractivity contribution in [3.8, 4) is 0 Å². The van der Waals surface area contributed by atoms with Gasteiger partial charge in [-0.15, -0.1) is 11.8 Å². The van der Waals surface area contributed by atoms with Gasteiger partial charge in [0.05, 0.1) is 21.5 Å². The number of thioether (sulfide) groups is 1. The SMILES string of the molecule is O=C(CSC1CCCCC1)Nc1c(Cl)cccc1Cl. The topological polar surface area (TPSA) is 29.1 Å². The molecular formula is C14H17Cl2NOS. The van der Waals surface area contributed by atoms with Gasteiger partial charge in [-0.3, -0.25) is 4.79 Å². The summed E-state index contributed by atoms with van der Waals surface area (Å²) in [5.74, 6) is 0.428. The largest absolute Gasteiger partial charge is 0.323 e. The minimum atomic E-state index is -0.0365. The Kier molecular flexibility index (Phi) is 5.86. The summed E-state index contributed by atoms with van der Waals surface area (Å²) in [5, 5.41) is 4.37. The van der Waals surface area contributed by atoms with Gasteiger partial charge >= 0.3 is 0 Å². The van der Waals surface area contributed by atoms with E-state index in [1.54, 1.807) is 30.0 Å². The molecule has 104 valence electrons. The zero-order chi connectivity index (χ0) is 13.7. The fourth-order valence-electron chi connectivity index (χ4n) is 2.22. The molecule has 5 heteroatoms. The second-order valence-corrected chi connectivity index (χ2v) is 6.82. The van der Waals surface area contributed by atoms with Crippen LogP contribution in [0.1, 0.15) is 32.1 Å². The van der Waals surface area contributed by atoms with Crippen molar-refractivity contribution in [2.75, 3.05) is 11.1 Å². The van der Waals surface area contributed by atoms with Crippen LogP contribution in [0.25, 0.3) is 0 Å². The van der Waals surface area contributed by atoms with Crippen LogP contribution in [-0.2, 0) is 4.79 Å². The molecule has 0 aromatic heterocycles. The summed E-state index contributed by atoms with van der Waals surface area (Å²) in [6, 6.07) is 5.20. The second-order valence-electron chi connectivity index (χ2n) is 4.72. The summed E-state index contributed by atoms with van der Waals surface area (Å²) >= 11 is 13.8. The lowest BCUT2D eigenvalue weighted by molar-refractivity contribution is -0.113. The number of carbonyl (C=O) groups excluding carboxylic acids is 1. The summed E-state index contributed by atoms with van der Waals surface area (Å²) in [6.45, 7) is 0. The maximum atomic E-state index is 11.9. The van der Waals surface area contributed by atoms with Gasteiger partial charge in [-0.2, -0.15) is 0 Å². The summed E-state index contributed by atoms with van der Waals surface area (Å²) < 4.78 is 0. The maximum Gasteiger partial charge on any atom is 0.234 e. The highest BCUT2D eigenvalue weighted by atomic mass is 35.5. The van der Waals surface area contributed by atoms with E-state index in [0.29, 0.717) is 26.7 Å². The molecule has 0 aliphatic heterocycles. The molecular weight excluding hydrogens is 301 g/mol. The van der Waals surface area contributed by atoms with E-state index in [-0.39, 0.29) is 5.91 Å². The molecule has 0 spiro atoms. The van der Waals surface area contributed by atoms with Gasteiger partial charge in [0.15, 0.2) is 0 Å². The van der Waals surface area contributed by atoms with E-state index in [0.717, 1.165) is 0 Å². The van der Waals surface area contributed by atoms with Crippen molar-refractivity contribution in [1.82, 2.24) is 0 Å². The van der Waals surface area contributed by atoms with Crippen LogP contribution < -0.4 is 5.32 Å². The van der Waals surface area contributed by atoms with E-state index < -0.39 is 0 Å². The van der Waals surface area contributed by atoms with E-state index in [4.69, 9.17) is 23.2 Å². The predicted octanol–water partition coefficient (Wildman–Crippen LogP) is 5.00. The number of hydrogen-bond acceptors (Lipinski definition) is 2. The Bertz CT molecular complexity index is 427. The average Bonchev–Trinajstić information content (AvgIpc) is 2.42. The molecule has 0 atom stereocenters. The summed E-state index contributed by atoms with van der Waals surface area (Å²) in [5.41, 5.74) is 0.514. The number of halogens is 2. The monoisotopic (exact) mass is 317 g/mol. The molecule has 1 aliphatic rings. The maximum absolute atomic E-state index is 11.9. The highest BCUT2D eigenvalue weighted by Gasteiger charge is 2.16. The molecule has 0 saturated heterocycles. The van der Waals surface area contributed by atoms with Crippen LogP contribution >= 0.6 is 35.0 Å². The number of carbonyl (C=O) groups is 1. The molecule has 1 amide bonds. The lowest BCUT2D eigenvalue weighted by atomic mass is 10.0. The van der Waals surface area contributed by atoms with Crippen LogP contribution in [0.3, 0.4) is 0 Å². The van der Waals surface area contributed by atoms with Crippen molar-refractivity contribution >= 4 is 46.6 Å². The molecule has 1 fully saturated rings. The number of nitrogens with one attached hydrogen (secondary N) is 1. The zero-order valence-corrected chi connectivity index (χ0v) is 13.0. The Morgan fingerprint density at radius 3 is 2.47 bits per heavy atom. The normalized spacial score (nSPS) is 16.3. The van der Waals surface area contributed by atoms with Crippen molar-refractivity contribution in [1.29, 1.82) is 0 Å². The fourth-order valence-corrected chi connectivity index (χ4v) is 3.84. The first-order valence-electron chi connectivity index (χ1n) is 6.52. The van der Waals surface area contributed by atoms with Crippen LogP contribution in [0, 0.1) is 0 Å². The third-order valence-electron chi connectivity index (χ3n) is 3.23. The third-order valence-corrected chi connectivity index (χ3v) is 5.23. The molecule has 19 heavy (non-hydrogen) atoms. The molecule has 1 saturated carbocycles. The minimum Gasteiger partial charge on any atom is -0.323 e. The smallest absolute Gasteiger partial charge is 0.234 e. The van der Waals surface area contributed by atoms with Crippen molar-refractivity contribution in [2.24, 2.45) is 0 Å². The molecule has 0 bridgehead atoms. The van der Waals surface area contributed by atoms with E-state index in [9.17, 15) is 4.79 Å². The molecule has 2 rings (SSSR count). The van der Waals surface area contributed by atoms with E-state index in [1.807, 2.05) is 0 Å². The van der Waals surface area contributed by atoms with Crippen molar-refractivity contribution in [2.45, 2.75) is 37.4 Å². The Morgan fingerprint density at radius 2 is 1.84 bits per heavy atom. The van der Waals surface area contributed by atoms with Gasteiger partial charge in [-0.05, 0) is 25.0 Å². The first-order valence-corrected chi connectivity index (χ1v) is 8.33. The molecule has 1 aromatic carbocycles. The van der Waals surface area contributed by atoms with Gasteiger partial charge in [-0.1, -0.05) is 48.5 Å². The van der Waals surface area contributed by atoms with E-state index >= 15 is 0 Å². The summed E-state index contributed by atoms with van der Waals surface area (Å²) in [6.07, 6.45) is 6.36. The number of benzene rings is 1. The van der Waals surface area contributed by atoms with Crippen LogP contribution in [0.4, 0.5) is 5.69 Å². The van der Waals surface area contributed by atoms with Crippen LogP contribution in [0.5, 0.6) is 0 Å². The highest BCUT2D eigenvalue weighted by Crippen LogP contribution is 2.31. The van der Waals surface area contributed by atoms with Gasteiger partial charge in [0.25, 0.3) is 0 Å². The van der Waals surface area contributed by atoms with Gasteiger partial charge < -0.3 is 5.32 Å². The Hall–Kier alpha value is -0.380. The van der Waals surface area contributed by atoms with Gasteiger partial charge in [0.2, 0.25) is 5.91 Å². The Morgan fingerprint density at radius 1 is 1.21 bits per heavy atom. The molecule has 1 aromatic rings.